The summed E-state index contributed by atoms with van der Waals surface area (Å²) < 4.78 is 18.1. The van der Waals surface area contributed by atoms with E-state index in [1.807, 2.05) is 63.2 Å². The van der Waals surface area contributed by atoms with Crippen LogP contribution in [0.2, 0.25) is 0 Å². The lowest BCUT2D eigenvalue weighted by Gasteiger charge is -2.35. The molecular weight excluding hydrogens is 540 g/mol. The van der Waals surface area contributed by atoms with Crippen molar-refractivity contribution in [3.8, 4) is 11.5 Å². The molecule has 1 aliphatic carbocycles. The first-order valence-electron chi connectivity index (χ1n) is 14.0. The summed E-state index contributed by atoms with van der Waals surface area (Å²) in [6, 6.07) is 13.3. The van der Waals surface area contributed by atoms with E-state index in [0.29, 0.717) is 40.7 Å². The highest BCUT2D eigenvalue weighted by atomic mass is 32.1. The maximum atomic E-state index is 12.8. The number of rotatable bonds is 10. The van der Waals surface area contributed by atoms with Crippen LogP contribution in [-0.4, -0.2) is 53.4 Å². The van der Waals surface area contributed by atoms with Crippen molar-refractivity contribution in [1.29, 1.82) is 0 Å². The first-order chi connectivity index (χ1) is 19.9. The normalized spacial score (nSPS) is 19.1. The second kappa shape index (κ2) is 12.8. The van der Waals surface area contributed by atoms with Gasteiger partial charge in [0, 0.05) is 11.3 Å². The predicted molar refractivity (Wildman–Crippen MR) is 159 cm³/mol. The maximum absolute atomic E-state index is 12.8. The highest BCUT2D eigenvalue weighted by molar-refractivity contribution is 7.13. The molecule has 1 fully saturated rings. The van der Waals surface area contributed by atoms with Gasteiger partial charge in [0.25, 0.3) is 5.91 Å². The van der Waals surface area contributed by atoms with Crippen molar-refractivity contribution in [2.45, 2.75) is 77.9 Å². The number of benzene rings is 2. The van der Waals surface area contributed by atoms with Crippen LogP contribution >= 0.6 is 11.3 Å². The molecule has 2 unspecified atom stereocenters. The van der Waals surface area contributed by atoms with E-state index in [1.54, 1.807) is 12.1 Å². The molecule has 0 saturated heterocycles. The second-order valence-corrected chi connectivity index (χ2v) is 11.5. The summed E-state index contributed by atoms with van der Waals surface area (Å²) in [6.07, 6.45) is 4.82. The van der Waals surface area contributed by atoms with Crippen molar-refractivity contribution in [1.82, 2.24) is 9.99 Å². The van der Waals surface area contributed by atoms with Crippen LogP contribution < -0.4 is 14.8 Å². The van der Waals surface area contributed by atoms with Crippen molar-refractivity contribution in [3.63, 3.8) is 0 Å². The van der Waals surface area contributed by atoms with Crippen LogP contribution in [0, 0.1) is 13.8 Å². The van der Waals surface area contributed by atoms with Gasteiger partial charge in [-0.3, -0.25) is 14.6 Å². The molecule has 10 heteroatoms. The van der Waals surface area contributed by atoms with E-state index >= 15 is 0 Å². The Kier molecular flexibility index (Phi) is 8.99. The van der Waals surface area contributed by atoms with E-state index in [2.05, 4.69) is 10.3 Å². The number of carbonyl (C=O) groups is 2. The Morgan fingerprint density at radius 1 is 1.17 bits per heavy atom. The third-order valence-electron chi connectivity index (χ3n) is 7.32. The minimum Gasteiger partial charge on any atom is -0.493 e. The molecule has 2 heterocycles. The van der Waals surface area contributed by atoms with Crippen LogP contribution in [0.3, 0.4) is 0 Å². The number of aryl methyl sites for hydroxylation is 2. The van der Waals surface area contributed by atoms with Gasteiger partial charge in [-0.25, -0.2) is 4.98 Å². The molecule has 2 aromatic carbocycles. The molecule has 3 aromatic rings. The number of methoxy groups -OCH3 is 1. The number of aromatic nitrogens is 1. The van der Waals surface area contributed by atoms with Crippen molar-refractivity contribution >= 4 is 34.9 Å². The largest absolute Gasteiger partial charge is 0.493 e. The van der Waals surface area contributed by atoms with E-state index in [4.69, 9.17) is 19.3 Å². The highest BCUT2D eigenvalue weighted by Gasteiger charge is 2.32. The third-order valence-corrected chi connectivity index (χ3v) is 8.39. The number of nitrogens with one attached hydrogen (secondary N) is 1. The van der Waals surface area contributed by atoms with Gasteiger partial charge in [0.15, 0.2) is 17.8 Å². The molecule has 2 aliphatic rings. The van der Waals surface area contributed by atoms with Gasteiger partial charge in [0.05, 0.1) is 36.2 Å². The first kappa shape index (κ1) is 28.8. The first-order valence-corrected chi connectivity index (χ1v) is 14.9. The summed E-state index contributed by atoms with van der Waals surface area (Å²) >= 11 is 1.37. The number of hydrazone groups is 1. The van der Waals surface area contributed by atoms with Crippen molar-refractivity contribution in [3.05, 3.63) is 69.2 Å². The molecule has 0 radical (unpaired) electrons. The third kappa shape index (κ3) is 6.60. The summed E-state index contributed by atoms with van der Waals surface area (Å²) in [6.45, 7) is 6.03. The van der Waals surface area contributed by atoms with Crippen LogP contribution in [0.1, 0.15) is 70.5 Å². The monoisotopic (exact) mass is 576 g/mol. The molecular formula is C31H36N4O5S. The van der Waals surface area contributed by atoms with Crippen LogP contribution in [0.25, 0.3) is 0 Å². The number of thiazole rings is 1. The lowest BCUT2D eigenvalue weighted by Crippen LogP contribution is -2.45. The Morgan fingerprint density at radius 3 is 2.66 bits per heavy atom. The van der Waals surface area contributed by atoms with Gasteiger partial charge in [-0.2, -0.15) is 5.10 Å². The number of aldehydes is 1. The Balaban J connectivity index is 1.39. The minimum atomic E-state index is -0.836. The zero-order valence-corrected chi connectivity index (χ0v) is 24.7. The molecule has 0 spiro atoms. The molecule has 1 aliphatic heterocycles. The fourth-order valence-corrected chi connectivity index (χ4v) is 6.12. The summed E-state index contributed by atoms with van der Waals surface area (Å²) in [5, 5.41) is 10.4. The molecule has 0 bridgehead atoms. The van der Waals surface area contributed by atoms with Crippen LogP contribution in [-0.2, 0) is 16.1 Å². The lowest BCUT2D eigenvalue weighted by molar-refractivity contribution is -0.139. The molecule has 216 valence electrons. The number of carbonyl (C=O) groups excluding carboxylic acids is 2. The van der Waals surface area contributed by atoms with Crippen molar-refractivity contribution < 1.29 is 23.8 Å². The molecule has 1 aromatic heterocycles. The van der Waals surface area contributed by atoms with Gasteiger partial charge in [0.1, 0.15) is 11.0 Å². The number of amides is 1. The van der Waals surface area contributed by atoms with Gasteiger partial charge in [-0.05, 0) is 81.8 Å². The molecule has 2 atom stereocenters. The van der Waals surface area contributed by atoms with Crippen LogP contribution in [0.4, 0.5) is 5.69 Å². The van der Waals surface area contributed by atoms with Gasteiger partial charge in [0.2, 0.25) is 6.23 Å². The molecule has 1 saturated carbocycles. The summed E-state index contributed by atoms with van der Waals surface area (Å²) in [7, 11) is 1.64. The molecule has 41 heavy (non-hydrogen) atoms. The minimum absolute atomic E-state index is 0.179. The maximum Gasteiger partial charge on any atom is 0.267 e. The quantitative estimate of drug-likeness (QED) is 0.301. The van der Waals surface area contributed by atoms with E-state index in [1.165, 1.54) is 24.2 Å². The fraction of sp³-hybridized carbons (Fsp3) is 0.419. The smallest absolute Gasteiger partial charge is 0.267 e. The van der Waals surface area contributed by atoms with Crippen molar-refractivity contribution in [2.24, 2.45) is 5.10 Å². The topological polar surface area (TPSA) is 102 Å². The van der Waals surface area contributed by atoms with Gasteiger partial charge in [-0.15, -0.1) is 11.3 Å². The average molecular weight is 577 g/mol. The second-order valence-electron chi connectivity index (χ2n) is 10.3. The van der Waals surface area contributed by atoms with Crippen LogP contribution in [0.15, 0.2) is 47.6 Å². The predicted octanol–water partition coefficient (Wildman–Crippen LogP) is 5.88. The van der Waals surface area contributed by atoms with Crippen LogP contribution in [0.5, 0.6) is 11.5 Å². The Morgan fingerprint density at radius 2 is 1.98 bits per heavy atom. The lowest BCUT2D eigenvalue weighted by atomic mass is 10.0. The number of anilines is 1. The van der Waals surface area contributed by atoms with E-state index in [-0.39, 0.29) is 18.1 Å². The van der Waals surface area contributed by atoms with Gasteiger partial charge < -0.3 is 19.5 Å². The Bertz CT molecular complexity index is 1430. The van der Waals surface area contributed by atoms with E-state index in [9.17, 15) is 9.59 Å². The Labute approximate surface area is 244 Å². The molecule has 9 nitrogen and oxygen atoms in total. The number of hydrogen-bond acceptors (Lipinski definition) is 9. The summed E-state index contributed by atoms with van der Waals surface area (Å²) in [5.41, 5.74) is 3.82. The van der Waals surface area contributed by atoms with Gasteiger partial charge >= 0.3 is 0 Å². The van der Waals surface area contributed by atoms with E-state index < -0.39 is 6.23 Å². The van der Waals surface area contributed by atoms with E-state index in [0.717, 1.165) is 41.0 Å². The zero-order valence-electron chi connectivity index (χ0n) is 23.9. The number of ether oxygens (including phenoxy) is 3. The van der Waals surface area contributed by atoms with Gasteiger partial charge in [-0.1, -0.05) is 19.1 Å². The summed E-state index contributed by atoms with van der Waals surface area (Å²) in [4.78, 5) is 29.8. The fourth-order valence-electron chi connectivity index (χ4n) is 5.30. The summed E-state index contributed by atoms with van der Waals surface area (Å²) in [5.74, 6) is 1.17. The highest BCUT2D eigenvalue weighted by Crippen LogP contribution is 2.34. The standard InChI is InChI=1S/C31H36N4O5S/c1-5-25-29(22-13-14-26(38-4)27(16-22)39-24-11-6-7-12-24)34-35(28(18-36)40-25)17-21-9-8-10-23(15-21)33-31(37)30-19(2)32-20(3)41-30/h8-10,13-16,18,24-25,28H,5-7,11-12,17H2,1-4H3,(H,33,37). The number of nitrogens with zero attached hydrogens (tertiary/aromatic N) is 3. The zero-order chi connectivity index (χ0) is 28.9. The molecule has 1 N–H and O–H groups in total. The van der Waals surface area contributed by atoms with Crippen molar-refractivity contribution in [2.75, 3.05) is 12.4 Å². The SMILES string of the molecule is CCC1OC(C=O)N(Cc2cccc(NC(=O)c3sc(C)nc3C)c2)N=C1c1ccc(OC)c(OC2CCCC2)c1. The molecule has 1 amide bonds. The average Bonchev–Trinajstić information content (AvgIpc) is 3.61. The molecule has 5 rings (SSSR count). The Hall–Kier alpha value is -3.76. The number of hydrogen-bond donors (Lipinski definition) is 1.